The van der Waals surface area contributed by atoms with Crippen LogP contribution in [0.2, 0.25) is 0 Å². The molecule has 1 saturated heterocycles. The highest BCUT2D eigenvalue weighted by Gasteiger charge is 2.23. The maximum atomic E-state index is 5.30. The van der Waals surface area contributed by atoms with Gasteiger partial charge in [0, 0.05) is 6.04 Å². The predicted octanol–water partition coefficient (Wildman–Crippen LogP) is 0.683. The van der Waals surface area contributed by atoms with Gasteiger partial charge in [0.05, 0.1) is 6.61 Å². The van der Waals surface area contributed by atoms with Crippen LogP contribution in [0.5, 0.6) is 0 Å². The van der Waals surface area contributed by atoms with Gasteiger partial charge >= 0.3 is 0 Å². The molecule has 0 N–H and O–H groups in total. The van der Waals surface area contributed by atoms with Crippen LogP contribution < -0.4 is 0 Å². The van der Waals surface area contributed by atoms with Crippen molar-refractivity contribution in [2.45, 2.75) is 26.1 Å². The summed E-state index contributed by atoms with van der Waals surface area (Å²) in [4.78, 5) is 2.22. The molecule has 0 aromatic carbocycles. The third-order valence-electron chi connectivity index (χ3n) is 1.85. The van der Waals surface area contributed by atoms with Crippen molar-refractivity contribution >= 4 is 0 Å². The van der Waals surface area contributed by atoms with Gasteiger partial charge in [0.1, 0.15) is 6.23 Å². The maximum Gasteiger partial charge on any atom is 0.107 e. The molecule has 1 aliphatic heterocycles. The average molecular weight is 115 g/mol. The van der Waals surface area contributed by atoms with Crippen LogP contribution >= 0.6 is 0 Å². The molecular formula is C6H13NO. The van der Waals surface area contributed by atoms with Crippen LogP contribution in [0.25, 0.3) is 0 Å². The van der Waals surface area contributed by atoms with E-state index in [9.17, 15) is 0 Å². The molecule has 2 atom stereocenters. The molecule has 1 aliphatic rings. The molecule has 1 heterocycles. The van der Waals surface area contributed by atoms with Gasteiger partial charge in [-0.15, -0.1) is 0 Å². The number of nitrogens with zero attached hydrogens (tertiary/aromatic N) is 1. The summed E-state index contributed by atoms with van der Waals surface area (Å²) < 4.78 is 5.30. The van der Waals surface area contributed by atoms with E-state index >= 15 is 0 Å². The number of hydrogen-bond donors (Lipinski definition) is 0. The SMILES string of the molecule is CC1OC[C@H](C)N1C. The lowest BCUT2D eigenvalue weighted by molar-refractivity contribution is 0.0610. The molecule has 48 valence electrons. The van der Waals surface area contributed by atoms with Crippen molar-refractivity contribution in [3.63, 3.8) is 0 Å². The number of hydrogen-bond acceptors (Lipinski definition) is 2. The maximum absolute atomic E-state index is 5.30. The second-order valence-electron chi connectivity index (χ2n) is 2.45. The standard InChI is InChI=1S/C6H13NO/c1-5-4-8-6(2)7(5)3/h5-6H,4H2,1-3H3/t5-,6?/m0/s1. The van der Waals surface area contributed by atoms with Crippen molar-refractivity contribution in [1.82, 2.24) is 4.90 Å². The second-order valence-corrected chi connectivity index (χ2v) is 2.45. The van der Waals surface area contributed by atoms with E-state index in [2.05, 4.69) is 25.8 Å². The summed E-state index contributed by atoms with van der Waals surface area (Å²) in [6.07, 6.45) is 0.324. The Labute approximate surface area is 50.4 Å². The molecule has 0 spiro atoms. The normalized spacial score (nSPS) is 40.9. The fraction of sp³-hybridized carbons (Fsp3) is 1.00. The van der Waals surface area contributed by atoms with Crippen molar-refractivity contribution in [2.24, 2.45) is 0 Å². The molecule has 0 radical (unpaired) electrons. The molecule has 2 nitrogen and oxygen atoms in total. The summed E-state index contributed by atoms with van der Waals surface area (Å²) in [6, 6.07) is 0.602. The van der Waals surface area contributed by atoms with E-state index in [1.807, 2.05) is 0 Å². The largest absolute Gasteiger partial charge is 0.362 e. The van der Waals surface area contributed by atoms with E-state index in [4.69, 9.17) is 4.74 Å². The van der Waals surface area contributed by atoms with Crippen LogP contribution in [0.3, 0.4) is 0 Å². The molecule has 0 amide bonds. The van der Waals surface area contributed by atoms with Crippen LogP contribution in [-0.4, -0.2) is 30.8 Å². The zero-order valence-electron chi connectivity index (χ0n) is 5.72. The van der Waals surface area contributed by atoms with Gasteiger partial charge in [0.25, 0.3) is 0 Å². The first-order valence-electron chi connectivity index (χ1n) is 3.05. The van der Waals surface area contributed by atoms with E-state index in [-0.39, 0.29) is 0 Å². The van der Waals surface area contributed by atoms with Crippen LogP contribution in [0, 0.1) is 0 Å². The Bertz CT molecular complexity index is 74.6. The lowest BCUT2D eigenvalue weighted by atomic mass is 10.3. The number of ether oxygens (including phenoxy) is 1. The zero-order valence-corrected chi connectivity index (χ0v) is 5.72. The fourth-order valence-corrected chi connectivity index (χ4v) is 0.872. The van der Waals surface area contributed by atoms with E-state index < -0.39 is 0 Å². The summed E-state index contributed by atoms with van der Waals surface area (Å²) in [6.45, 7) is 5.13. The third-order valence-corrected chi connectivity index (χ3v) is 1.85. The monoisotopic (exact) mass is 115 g/mol. The highest BCUT2D eigenvalue weighted by molar-refractivity contribution is 4.69. The molecule has 1 rings (SSSR count). The minimum atomic E-state index is 0.324. The molecule has 0 aromatic rings. The van der Waals surface area contributed by atoms with Crippen molar-refractivity contribution in [3.05, 3.63) is 0 Å². The van der Waals surface area contributed by atoms with Crippen molar-refractivity contribution in [2.75, 3.05) is 13.7 Å². The fourth-order valence-electron chi connectivity index (χ4n) is 0.872. The Balaban J connectivity index is 2.44. The molecule has 1 fully saturated rings. The van der Waals surface area contributed by atoms with Crippen LogP contribution in [0.15, 0.2) is 0 Å². The zero-order chi connectivity index (χ0) is 6.15. The molecule has 0 bridgehead atoms. The molecule has 0 aliphatic carbocycles. The summed E-state index contributed by atoms with van der Waals surface area (Å²) >= 11 is 0. The predicted molar refractivity (Wildman–Crippen MR) is 32.6 cm³/mol. The Kier molecular flexibility index (Phi) is 1.54. The summed E-state index contributed by atoms with van der Waals surface area (Å²) in [5.74, 6) is 0. The van der Waals surface area contributed by atoms with Gasteiger partial charge < -0.3 is 4.74 Å². The minimum absolute atomic E-state index is 0.324. The quantitative estimate of drug-likeness (QED) is 0.460. The molecule has 8 heavy (non-hydrogen) atoms. The van der Waals surface area contributed by atoms with Gasteiger partial charge in [-0.3, -0.25) is 4.90 Å². The molecule has 2 heteroatoms. The first-order valence-corrected chi connectivity index (χ1v) is 3.05. The smallest absolute Gasteiger partial charge is 0.107 e. The van der Waals surface area contributed by atoms with Gasteiger partial charge in [0.15, 0.2) is 0 Å². The highest BCUT2D eigenvalue weighted by Crippen LogP contribution is 2.11. The van der Waals surface area contributed by atoms with Crippen LogP contribution in [0.4, 0.5) is 0 Å². The van der Waals surface area contributed by atoms with E-state index in [1.165, 1.54) is 0 Å². The van der Waals surface area contributed by atoms with Crippen LogP contribution in [0.1, 0.15) is 13.8 Å². The van der Waals surface area contributed by atoms with Crippen molar-refractivity contribution < 1.29 is 4.74 Å². The Morgan fingerprint density at radius 3 is 2.25 bits per heavy atom. The van der Waals surface area contributed by atoms with Gasteiger partial charge in [-0.05, 0) is 20.9 Å². The Morgan fingerprint density at radius 1 is 1.50 bits per heavy atom. The second kappa shape index (κ2) is 2.03. The molecular weight excluding hydrogens is 102 g/mol. The lowest BCUT2D eigenvalue weighted by Gasteiger charge is -2.15. The molecule has 1 unspecified atom stereocenters. The third kappa shape index (κ3) is 0.858. The van der Waals surface area contributed by atoms with Crippen molar-refractivity contribution in [1.29, 1.82) is 0 Å². The number of rotatable bonds is 0. The Hall–Kier alpha value is -0.0800. The Morgan fingerprint density at radius 2 is 2.12 bits per heavy atom. The highest BCUT2D eigenvalue weighted by atomic mass is 16.5. The summed E-state index contributed by atoms with van der Waals surface area (Å²) in [5, 5.41) is 0. The summed E-state index contributed by atoms with van der Waals surface area (Å²) in [5.41, 5.74) is 0. The van der Waals surface area contributed by atoms with Crippen molar-refractivity contribution in [3.8, 4) is 0 Å². The van der Waals surface area contributed by atoms with E-state index in [0.29, 0.717) is 12.3 Å². The summed E-state index contributed by atoms with van der Waals surface area (Å²) in [7, 11) is 2.09. The molecule has 0 saturated carbocycles. The van der Waals surface area contributed by atoms with Crippen LogP contribution in [-0.2, 0) is 4.74 Å². The molecule has 0 aromatic heterocycles. The number of likely N-dealkylation sites (N-methyl/N-ethyl adjacent to an activating group) is 1. The topological polar surface area (TPSA) is 12.5 Å². The van der Waals surface area contributed by atoms with E-state index in [0.717, 1.165) is 6.61 Å². The van der Waals surface area contributed by atoms with Gasteiger partial charge in [0.2, 0.25) is 0 Å². The van der Waals surface area contributed by atoms with Gasteiger partial charge in [-0.1, -0.05) is 0 Å². The van der Waals surface area contributed by atoms with E-state index in [1.54, 1.807) is 0 Å². The average Bonchev–Trinajstić information content (AvgIpc) is 1.98. The van der Waals surface area contributed by atoms with Gasteiger partial charge in [-0.2, -0.15) is 0 Å². The first-order chi connectivity index (χ1) is 3.72. The lowest BCUT2D eigenvalue weighted by Crippen LogP contribution is -2.28. The first kappa shape index (κ1) is 6.05. The minimum Gasteiger partial charge on any atom is -0.362 e. The van der Waals surface area contributed by atoms with Gasteiger partial charge in [-0.25, -0.2) is 0 Å².